The first-order valence-corrected chi connectivity index (χ1v) is 6.79. The minimum absolute atomic E-state index is 0.742. The second-order valence-corrected chi connectivity index (χ2v) is 5.71. The average molecular weight is 318 g/mol. The number of benzene rings is 1. The van der Waals surface area contributed by atoms with E-state index < -0.39 is 0 Å². The van der Waals surface area contributed by atoms with Gasteiger partial charge in [0.15, 0.2) is 0 Å². The molecule has 0 unspecified atom stereocenters. The maximum atomic E-state index is 5.98. The van der Waals surface area contributed by atoms with Gasteiger partial charge in [0.2, 0.25) is 0 Å². The van der Waals surface area contributed by atoms with Crippen molar-refractivity contribution >= 4 is 38.9 Å². The number of hydrogen-bond acceptors (Lipinski definition) is 2. The molecular formula is C12H10BrClOS. The second-order valence-electron chi connectivity index (χ2n) is 3.36. The SMILES string of the molecule is COc1ccc(Cl)cc1Cc1cc(Br)cs1. The molecule has 0 amide bonds. The van der Waals surface area contributed by atoms with Crippen molar-refractivity contribution < 1.29 is 4.74 Å². The lowest BCUT2D eigenvalue weighted by molar-refractivity contribution is 0.410. The first kappa shape index (κ1) is 12.0. The third-order valence-corrected chi connectivity index (χ3v) is 4.16. The normalized spacial score (nSPS) is 10.4. The van der Waals surface area contributed by atoms with Crippen LogP contribution in [0.15, 0.2) is 34.1 Å². The van der Waals surface area contributed by atoms with E-state index in [1.807, 2.05) is 18.2 Å². The molecule has 1 nitrogen and oxygen atoms in total. The van der Waals surface area contributed by atoms with Crippen LogP contribution in [0.4, 0.5) is 0 Å². The van der Waals surface area contributed by atoms with Crippen LogP contribution in [0.25, 0.3) is 0 Å². The maximum absolute atomic E-state index is 5.98. The fraction of sp³-hybridized carbons (Fsp3) is 0.167. The molecule has 0 aliphatic rings. The Kier molecular flexibility index (Phi) is 3.90. The monoisotopic (exact) mass is 316 g/mol. The summed E-state index contributed by atoms with van der Waals surface area (Å²) in [6, 6.07) is 7.81. The molecule has 2 rings (SSSR count). The lowest BCUT2D eigenvalue weighted by Gasteiger charge is -2.07. The molecule has 4 heteroatoms. The van der Waals surface area contributed by atoms with Crippen molar-refractivity contribution in [1.82, 2.24) is 0 Å². The molecule has 0 aliphatic heterocycles. The Morgan fingerprint density at radius 3 is 2.81 bits per heavy atom. The van der Waals surface area contributed by atoms with E-state index >= 15 is 0 Å². The van der Waals surface area contributed by atoms with Crippen LogP contribution in [0.3, 0.4) is 0 Å². The smallest absolute Gasteiger partial charge is 0.122 e. The topological polar surface area (TPSA) is 9.23 Å². The van der Waals surface area contributed by atoms with Gasteiger partial charge >= 0.3 is 0 Å². The third-order valence-electron chi connectivity index (χ3n) is 2.23. The molecule has 84 valence electrons. The zero-order valence-electron chi connectivity index (χ0n) is 8.67. The van der Waals surface area contributed by atoms with Gasteiger partial charge in [0.1, 0.15) is 5.75 Å². The highest BCUT2D eigenvalue weighted by atomic mass is 79.9. The molecule has 0 aliphatic carbocycles. The lowest BCUT2D eigenvalue weighted by Crippen LogP contribution is -1.92. The highest BCUT2D eigenvalue weighted by molar-refractivity contribution is 9.10. The molecule has 1 heterocycles. The fourth-order valence-corrected chi connectivity index (χ4v) is 3.19. The second kappa shape index (κ2) is 5.21. The minimum atomic E-state index is 0.742. The summed E-state index contributed by atoms with van der Waals surface area (Å²) >= 11 is 11.2. The zero-order chi connectivity index (χ0) is 11.5. The van der Waals surface area contributed by atoms with Crippen LogP contribution >= 0.6 is 38.9 Å². The summed E-state index contributed by atoms with van der Waals surface area (Å²) in [6.07, 6.45) is 0.847. The molecule has 1 aromatic heterocycles. The number of thiophene rings is 1. The van der Waals surface area contributed by atoms with E-state index in [4.69, 9.17) is 16.3 Å². The molecule has 0 spiro atoms. The van der Waals surface area contributed by atoms with Gasteiger partial charge in [0, 0.05) is 31.7 Å². The lowest BCUT2D eigenvalue weighted by atomic mass is 10.1. The highest BCUT2D eigenvalue weighted by Gasteiger charge is 2.06. The summed E-state index contributed by atoms with van der Waals surface area (Å²) in [4.78, 5) is 1.28. The molecule has 0 saturated heterocycles. The molecule has 0 atom stereocenters. The average Bonchev–Trinajstić information content (AvgIpc) is 2.64. The van der Waals surface area contributed by atoms with Gasteiger partial charge in [-0.1, -0.05) is 11.6 Å². The molecule has 0 fully saturated rings. The summed E-state index contributed by atoms with van der Waals surface area (Å²) < 4.78 is 6.43. The first-order valence-electron chi connectivity index (χ1n) is 4.74. The molecule has 16 heavy (non-hydrogen) atoms. The van der Waals surface area contributed by atoms with Gasteiger partial charge in [-0.25, -0.2) is 0 Å². The minimum Gasteiger partial charge on any atom is -0.496 e. The van der Waals surface area contributed by atoms with E-state index in [0.717, 1.165) is 27.2 Å². The Bertz CT molecular complexity index is 496. The van der Waals surface area contributed by atoms with Gasteiger partial charge in [-0.2, -0.15) is 0 Å². The highest BCUT2D eigenvalue weighted by Crippen LogP contribution is 2.28. The van der Waals surface area contributed by atoms with Gasteiger partial charge < -0.3 is 4.74 Å². The predicted molar refractivity (Wildman–Crippen MR) is 72.8 cm³/mol. The van der Waals surface area contributed by atoms with E-state index in [-0.39, 0.29) is 0 Å². The van der Waals surface area contributed by atoms with Crippen molar-refractivity contribution in [2.24, 2.45) is 0 Å². The quantitative estimate of drug-likeness (QED) is 0.793. The number of ether oxygens (including phenoxy) is 1. The van der Waals surface area contributed by atoms with Crippen LogP contribution in [0.1, 0.15) is 10.4 Å². The largest absolute Gasteiger partial charge is 0.496 e. The van der Waals surface area contributed by atoms with Crippen LogP contribution in [-0.2, 0) is 6.42 Å². The Morgan fingerprint density at radius 1 is 1.38 bits per heavy atom. The summed E-state index contributed by atoms with van der Waals surface area (Å²) in [5, 5.41) is 2.82. The van der Waals surface area contributed by atoms with Gasteiger partial charge in [-0.15, -0.1) is 11.3 Å². The Balaban J connectivity index is 2.29. The summed E-state index contributed by atoms with van der Waals surface area (Å²) in [5.41, 5.74) is 1.12. The molecule has 0 N–H and O–H groups in total. The van der Waals surface area contributed by atoms with Crippen molar-refractivity contribution in [3.05, 3.63) is 49.6 Å². The van der Waals surface area contributed by atoms with Crippen molar-refractivity contribution in [3.8, 4) is 5.75 Å². The summed E-state index contributed by atoms with van der Waals surface area (Å²) in [7, 11) is 1.68. The van der Waals surface area contributed by atoms with E-state index in [9.17, 15) is 0 Å². The molecule has 1 aromatic carbocycles. The molecular weight excluding hydrogens is 308 g/mol. The van der Waals surface area contributed by atoms with Crippen LogP contribution < -0.4 is 4.74 Å². The molecule has 2 aromatic rings. The number of hydrogen-bond donors (Lipinski definition) is 0. The molecule has 0 radical (unpaired) electrons. The van der Waals surface area contributed by atoms with Gasteiger partial charge in [-0.3, -0.25) is 0 Å². The van der Waals surface area contributed by atoms with Crippen LogP contribution in [0, 0.1) is 0 Å². The molecule has 0 saturated carbocycles. The summed E-state index contributed by atoms with van der Waals surface area (Å²) in [6.45, 7) is 0. The van der Waals surface area contributed by atoms with E-state index in [0.29, 0.717) is 0 Å². The Labute approximate surface area is 112 Å². The van der Waals surface area contributed by atoms with Crippen molar-refractivity contribution in [2.45, 2.75) is 6.42 Å². The molecule has 0 bridgehead atoms. The number of halogens is 2. The van der Waals surface area contributed by atoms with Crippen molar-refractivity contribution in [1.29, 1.82) is 0 Å². The standard InChI is InChI=1S/C12H10BrClOS/c1-15-12-3-2-10(14)4-8(12)5-11-6-9(13)7-16-11/h2-4,6-7H,5H2,1H3. The maximum Gasteiger partial charge on any atom is 0.122 e. The zero-order valence-corrected chi connectivity index (χ0v) is 11.8. The number of methoxy groups -OCH3 is 1. The third kappa shape index (κ3) is 2.78. The van der Waals surface area contributed by atoms with Crippen LogP contribution in [0.5, 0.6) is 5.75 Å². The predicted octanol–water partition coefficient (Wildman–Crippen LogP) is 4.76. The Morgan fingerprint density at radius 2 is 2.19 bits per heavy atom. The van der Waals surface area contributed by atoms with Gasteiger partial charge in [-0.05, 0) is 40.2 Å². The van der Waals surface area contributed by atoms with Crippen LogP contribution in [0.2, 0.25) is 5.02 Å². The Hall–Kier alpha value is -0.510. The van der Waals surface area contributed by atoms with Crippen molar-refractivity contribution in [3.63, 3.8) is 0 Å². The van der Waals surface area contributed by atoms with Gasteiger partial charge in [0.25, 0.3) is 0 Å². The van der Waals surface area contributed by atoms with Crippen molar-refractivity contribution in [2.75, 3.05) is 7.11 Å². The summed E-state index contributed by atoms with van der Waals surface area (Å²) in [5.74, 6) is 0.883. The van der Waals surface area contributed by atoms with E-state index in [1.54, 1.807) is 18.4 Å². The fourth-order valence-electron chi connectivity index (χ4n) is 1.52. The van der Waals surface area contributed by atoms with E-state index in [1.165, 1.54) is 4.88 Å². The van der Waals surface area contributed by atoms with Gasteiger partial charge in [0.05, 0.1) is 7.11 Å². The van der Waals surface area contributed by atoms with E-state index in [2.05, 4.69) is 27.4 Å². The van der Waals surface area contributed by atoms with Crippen LogP contribution in [-0.4, -0.2) is 7.11 Å². The number of rotatable bonds is 3. The first-order chi connectivity index (χ1) is 7.69.